The van der Waals surface area contributed by atoms with Crippen molar-refractivity contribution >= 4 is 12.0 Å². The Morgan fingerprint density at radius 1 is 1.44 bits per heavy atom. The van der Waals surface area contributed by atoms with Gasteiger partial charge in [0.25, 0.3) is 5.91 Å². The van der Waals surface area contributed by atoms with Crippen LogP contribution >= 0.6 is 0 Å². The summed E-state index contributed by atoms with van der Waals surface area (Å²) in [6.45, 7) is 4.48. The van der Waals surface area contributed by atoms with Gasteiger partial charge in [-0.25, -0.2) is 5.48 Å². The van der Waals surface area contributed by atoms with E-state index in [4.69, 9.17) is 10.1 Å². The highest BCUT2D eigenvalue weighted by Gasteiger charge is 1.97. The van der Waals surface area contributed by atoms with Crippen LogP contribution in [0.1, 0.15) is 25.0 Å². The minimum absolute atomic E-state index is 0.306. The number of rotatable bonds is 5. The maximum absolute atomic E-state index is 11.3. The SMILES string of the molecule is CC(C)CONC(=O)/C=C/c1ccc(C#N)cc1. The summed E-state index contributed by atoms with van der Waals surface area (Å²) < 4.78 is 0. The molecule has 0 saturated heterocycles. The summed E-state index contributed by atoms with van der Waals surface area (Å²) in [7, 11) is 0. The lowest BCUT2D eigenvalue weighted by Crippen LogP contribution is -2.23. The van der Waals surface area contributed by atoms with Crippen LogP contribution in [0.4, 0.5) is 0 Å². The lowest BCUT2D eigenvalue weighted by Gasteiger charge is -2.05. The fourth-order valence-electron chi connectivity index (χ4n) is 1.15. The summed E-state index contributed by atoms with van der Waals surface area (Å²) in [6, 6.07) is 8.99. The van der Waals surface area contributed by atoms with Crippen molar-refractivity contribution < 1.29 is 9.63 Å². The molecule has 1 aromatic rings. The third kappa shape index (κ3) is 5.28. The van der Waals surface area contributed by atoms with Crippen LogP contribution in [0.25, 0.3) is 6.08 Å². The molecule has 1 amide bonds. The third-order valence-electron chi connectivity index (χ3n) is 2.06. The molecule has 94 valence electrons. The second-order valence-corrected chi connectivity index (χ2v) is 4.24. The molecule has 1 aromatic carbocycles. The van der Waals surface area contributed by atoms with Crippen molar-refractivity contribution in [2.24, 2.45) is 5.92 Å². The number of carbonyl (C=O) groups is 1. The van der Waals surface area contributed by atoms with Crippen LogP contribution in [-0.4, -0.2) is 12.5 Å². The number of amides is 1. The zero-order valence-electron chi connectivity index (χ0n) is 10.5. The van der Waals surface area contributed by atoms with E-state index in [1.54, 1.807) is 30.3 Å². The largest absolute Gasteiger partial charge is 0.273 e. The molecule has 0 saturated carbocycles. The molecule has 0 atom stereocenters. The molecule has 0 fully saturated rings. The number of nitrogens with zero attached hydrogens (tertiary/aromatic N) is 1. The molecule has 0 aliphatic carbocycles. The molecule has 1 N–H and O–H groups in total. The minimum atomic E-state index is -0.306. The van der Waals surface area contributed by atoms with Gasteiger partial charge >= 0.3 is 0 Å². The highest BCUT2D eigenvalue weighted by atomic mass is 16.6. The molecule has 0 radical (unpaired) electrons. The van der Waals surface area contributed by atoms with E-state index in [1.165, 1.54) is 6.08 Å². The molecule has 0 aliphatic heterocycles. The van der Waals surface area contributed by atoms with Crippen LogP contribution in [0.15, 0.2) is 30.3 Å². The van der Waals surface area contributed by atoms with E-state index in [-0.39, 0.29) is 5.91 Å². The third-order valence-corrected chi connectivity index (χ3v) is 2.06. The lowest BCUT2D eigenvalue weighted by atomic mass is 10.1. The standard InChI is InChI=1S/C14H16N2O2/c1-11(2)10-18-16-14(17)8-7-12-3-5-13(9-15)6-4-12/h3-8,11H,10H2,1-2H3,(H,16,17)/b8-7+. The highest BCUT2D eigenvalue weighted by Crippen LogP contribution is 2.04. The predicted octanol–water partition coefficient (Wildman–Crippen LogP) is 2.28. The van der Waals surface area contributed by atoms with Gasteiger partial charge in [0.2, 0.25) is 0 Å². The topological polar surface area (TPSA) is 62.1 Å². The van der Waals surface area contributed by atoms with Crippen molar-refractivity contribution in [1.29, 1.82) is 5.26 Å². The van der Waals surface area contributed by atoms with Crippen molar-refractivity contribution in [2.75, 3.05) is 6.61 Å². The average molecular weight is 244 g/mol. The molecule has 4 heteroatoms. The molecule has 1 rings (SSSR count). The summed E-state index contributed by atoms with van der Waals surface area (Å²) in [6.07, 6.45) is 3.05. The zero-order chi connectivity index (χ0) is 13.4. The number of hydrogen-bond donors (Lipinski definition) is 1. The molecular formula is C14H16N2O2. The van der Waals surface area contributed by atoms with Crippen molar-refractivity contribution in [1.82, 2.24) is 5.48 Å². The Kier molecular flexibility index (Phi) is 5.62. The van der Waals surface area contributed by atoms with E-state index in [0.717, 1.165) is 5.56 Å². The summed E-state index contributed by atoms with van der Waals surface area (Å²) in [5.74, 6) is 0.0628. The van der Waals surface area contributed by atoms with Gasteiger partial charge in [0.1, 0.15) is 0 Å². The number of nitriles is 1. The number of benzene rings is 1. The Balaban J connectivity index is 2.43. The Morgan fingerprint density at radius 3 is 2.67 bits per heavy atom. The van der Waals surface area contributed by atoms with Crippen molar-refractivity contribution in [3.05, 3.63) is 41.5 Å². The van der Waals surface area contributed by atoms with Gasteiger partial charge in [0, 0.05) is 6.08 Å². The van der Waals surface area contributed by atoms with Gasteiger partial charge in [-0.3, -0.25) is 9.63 Å². The van der Waals surface area contributed by atoms with Gasteiger partial charge in [-0.2, -0.15) is 5.26 Å². The van der Waals surface area contributed by atoms with E-state index >= 15 is 0 Å². The normalized spacial score (nSPS) is 10.6. The fourth-order valence-corrected chi connectivity index (χ4v) is 1.15. The first-order chi connectivity index (χ1) is 8.61. The second kappa shape index (κ2) is 7.25. The molecular weight excluding hydrogens is 228 g/mol. The van der Waals surface area contributed by atoms with Gasteiger partial charge in [0.15, 0.2) is 0 Å². The van der Waals surface area contributed by atoms with E-state index < -0.39 is 0 Å². The average Bonchev–Trinajstić information content (AvgIpc) is 2.36. The Morgan fingerprint density at radius 2 is 2.11 bits per heavy atom. The molecule has 0 unspecified atom stereocenters. The first kappa shape index (κ1) is 13.9. The molecule has 0 aromatic heterocycles. The van der Waals surface area contributed by atoms with Gasteiger partial charge < -0.3 is 0 Å². The zero-order valence-corrected chi connectivity index (χ0v) is 10.5. The van der Waals surface area contributed by atoms with Crippen LogP contribution in [0.2, 0.25) is 0 Å². The van der Waals surface area contributed by atoms with Crippen LogP contribution in [0, 0.1) is 17.2 Å². The summed E-state index contributed by atoms with van der Waals surface area (Å²) in [5, 5.41) is 8.64. The molecule has 0 heterocycles. The first-order valence-corrected chi connectivity index (χ1v) is 5.72. The Hall–Kier alpha value is -2.12. The molecule has 18 heavy (non-hydrogen) atoms. The smallest absolute Gasteiger partial charge is 0.267 e. The van der Waals surface area contributed by atoms with E-state index in [0.29, 0.717) is 18.1 Å². The van der Waals surface area contributed by atoms with Gasteiger partial charge in [-0.15, -0.1) is 0 Å². The summed E-state index contributed by atoms with van der Waals surface area (Å²) in [5.41, 5.74) is 3.78. The lowest BCUT2D eigenvalue weighted by molar-refractivity contribution is -0.129. The summed E-state index contributed by atoms with van der Waals surface area (Å²) in [4.78, 5) is 16.3. The van der Waals surface area contributed by atoms with Gasteiger partial charge in [-0.1, -0.05) is 26.0 Å². The van der Waals surface area contributed by atoms with Crippen LogP contribution in [-0.2, 0) is 9.63 Å². The van der Waals surface area contributed by atoms with Crippen molar-refractivity contribution in [2.45, 2.75) is 13.8 Å². The van der Waals surface area contributed by atoms with Crippen molar-refractivity contribution in [3.8, 4) is 6.07 Å². The van der Waals surface area contributed by atoms with E-state index in [2.05, 4.69) is 5.48 Å². The molecule has 4 nitrogen and oxygen atoms in total. The van der Waals surface area contributed by atoms with Crippen LogP contribution in [0.5, 0.6) is 0 Å². The quantitative estimate of drug-likeness (QED) is 0.638. The van der Waals surface area contributed by atoms with Gasteiger partial charge in [0.05, 0.1) is 18.2 Å². The number of nitrogens with one attached hydrogen (secondary N) is 1. The van der Waals surface area contributed by atoms with E-state index in [1.807, 2.05) is 19.9 Å². The number of carbonyl (C=O) groups excluding carboxylic acids is 1. The van der Waals surface area contributed by atoms with Crippen LogP contribution < -0.4 is 5.48 Å². The summed E-state index contributed by atoms with van der Waals surface area (Å²) >= 11 is 0. The second-order valence-electron chi connectivity index (χ2n) is 4.24. The van der Waals surface area contributed by atoms with Gasteiger partial charge in [-0.05, 0) is 29.7 Å². The number of hydroxylamine groups is 1. The molecule has 0 bridgehead atoms. The maximum Gasteiger partial charge on any atom is 0.267 e. The maximum atomic E-state index is 11.3. The van der Waals surface area contributed by atoms with Crippen LogP contribution in [0.3, 0.4) is 0 Å². The number of hydrogen-bond acceptors (Lipinski definition) is 3. The first-order valence-electron chi connectivity index (χ1n) is 5.72. The molecule has 0 spiro atoms. The predicted molar refractivity (Wildman–Crippen MR) is 69.1 cm³/mol. The fraction of sp³-hybridized carbons (Fsp3) is 0.286. The Bertz CT molecular complexity index is 456. The van der Waals surface area contributed by atoms with Crippen molar-refractivity contribution in [3.63, 3.8) is 0 Å². The minimum Gasteiger partial charge on any atom is -0.273 e. The highest BCUT2D eigenvalue weighted by molar-refractivity contribution is 5.90. The van der Waals surface area contributed by atoms with E-state index in [9.17, 15) is 4.79 Å². The molecule has 0 aliphatic rings. The Labute approximate surface area is 107 Å². The monoisotopic (exact) mass is 244 g/mol.